The Balaban J connectivity index is 2.26. The summed E-state index contributed by atoms with van der Waals surface area (Å²) in [6, 6.07) is 9.14. The van der Waals surface area contributed by atoms with Gasteiger partial charge in [0.1, 0.15) is 11.6 Å². The lowest BCUT2D eigenvalue weighted by atomic mass is 9.98. The molecule has 0 aromatic heterocycles. The Morgan fingerprint density at radius 2 is 1.80 bits per heavy atom. The van der Waals surface area contributed by atoms with Gasteiger partial charge in [0.05, 0.1) is 6.04 Å². The minimum atomic E-state index is -0.583. The lowest BCUT2D eigenvalue weighted by molar-refractivity contribution is 0.540. The van der Waals surface area contributed by atoms with E-state index >= 15 is 0 Å². The van der Waals surface area contributed by atoms with Crippen molar-refractivity contribution in [2.45, 2.75) is 19.4 Å². The maximum Gasteiger partial charge on any atom is 0.126 e. The Kier molecular flexibility index (Phi) is 4.86. The van der Waals surface area contributed by atoms with E-state index < -0.39 is 11.6 Å². The summed E-state index contributed by atoms with van der Waals surface area (Å²) in [6.07, 6.45) is 0.403. The first-order valence-corrected chi connectivity index (χ1v) is 6.96. The van der Waals surface area contributed by atoms with Crippen LogP contribution in [0.3, 0.4) is 0 Å². The lowest BCUT2D eigenvalue weighted by Gasteiger charge is -2.17. The zero-order valence-electron chi connectivity index (χ0n) is 11.0. The van der Waals surface area contributed by atoms with Crippen molar-refractivity contribution >= 4 is 15.9 Å². The van der Waals surface area contributed by atoms with E-state index in [1.54, 1.807) is 0 Å². The zero-order chi connectivity index (χ0) is 14.7. The largest absolute Gasteiger partial charge is 0.271 e. The van der Waals surface area contributed by atoms with Gasteiger partial charge in [0.15, 0.2) is 0 Å². The van der Waals surface area contributed by atoms with E-state index in [-0.39, 0.29) is 6.04 Å². The van der Waals surface area contributed by atoms with Crippen LogP contribution in [0.4, 0.5) is 8.78 Å². The van der Waals surface area contributed by atoms with Gasteiger partial charge in [-0.05, 0) is 48.2 Å². The highest BCUT2D eigenvalue weighted by molar-refractivity contribution is 9.10. The van der Waals surface area contributed by atoms with Crippen LogP contribution in [0, 0.1) is 18.6 Å². The van der Waals surface area contributed by atoms with Crippen LogP contribution in [0.5, 0.6) is 0 Å². The van der Waals surface area contributed by atoms with Crippen LogP contribution >= 0.6 is 15.9 Å². The average molecular weight is 341 g/mol. The van der Waals surface area contributed by atoms with Gasteiger partial charge in [-0.15, -0.1) is 0 Å². The fourth-order valence-corrected chi connectivity index (χ4v) is 2.46. The van der Waals surface area contributed by atoms with Gasteiger partial charge in [0.2, 0.25) is 0 Å². The van der Waals surface area contributed by atoms with Gasteiger partial charge in [-0.1, -0.05) is 28.1 Å². The summed E-state index contributed by atoms with van der Waals surface area (Å²) in [4.78, 5) is 0. The molecule has 0 aliphatic carbocycles. The van der Waals surface area contributed by atoms with E-state index in [4.69, 9.17) is 5.84 Å². The summed E-state index contributed by atoms with van der Waals surface area (Å²) in [5.74, 6) is 4.40. The average Bonchev–Trinajstić information content (AvgIpc) is 2.38. The minimum absolute atomic E-state index is 0.215. The Morgan fingerprint density at radius 1 is 1.15 bits per heavy atom. The van der Waals surface area contributed by atoms with Gasteiger partial charge in [-0.2, -0.15) is 0 Å². The molecule has 0 heterocycles. The molecule has 0 aliphatic heterocycles. The van der Waals surface area contributed by atoms with Gasteiger partial charge in [0.25, 0.3) is 0 Å². The number of hydrogen-bond acceptors (Lipinski definition) is 2. The normalized spacial score (nSPS) is 12.4. The Labute approximate surface area is 125 Å². The van der Waals surface area contributed by atoms with Crippen LogP contribution in [-0.2, 0) is 6.42 Å². The second-order valence-electron chi connectivity index (χ2n) is 4.71. The van der Waals surface area contributed by atoms with E-state index in [0.717, 1.165) is 21.7 Å². The molecule has 1 unspecified atom stereocenters. The third-order valence-electron chi connectivity index (χ3n) is 3.16. The van der Waals surface area contributed by atoms with Gasteiger partial charge >= 0.3 is 0 Å². The van der Waals surface area contributed by atoms with Gasteiger partial charge < -0.3 is 0 Å². The fraction of sp³-hybridized carbons (Fsp3) is 0.200. The standard InChI is InChI=1S/C15H15BrF2N2/c1-9-2-3-11(7-14(9)16)15(20-19)6-10-4-12(17)8-13(18)5-10/h2-5,7-8,15,20H,6,19H2,1H3. The smallest absolute Gasteiger partial charge is 0.126 e. The second-order valence-corrected chi connectivity index (χ2v) is 5.56. The van der Waals surface area contributed by atoms with Crippen LogP contribution in [-0.4, -0.2) is 0 Å². The molecule has 0 aliphatic rings. The molecule has 0 saturated carbocycles. The molecule has 0 spiro atoms. The Bertz CT molecular complexity index is 597. The predicted molar refractivity (Wildman–Crippen MR) is 79.0 cm³/mol. The van der Waals surface area contributed by atoms with Crippen molar-refractivity contribution in [3.05, 3.63) is 69.2 Å². The summed E-state index contributed by atoms with van der Waals surface area (Å²) in [6.45, 7) is 1.99. The van der Waals surface area contributed by atoms with E-state index in [1.807, 2.05) is 25.1 Å². The van der Waals surface area contributed by atoms with Crippen LogP contribution in [0.1, 0.15) is 22.7 Å². The maximum atomic E-state index is 13.2. The minimum Gasteiger partial charge on any atom is -0.271 e. The number of nitrogens with two attached hydrogens (primary N) is 1. The summed E-state index contributed by atoms with van der Waals surface area (Å²) in [7, 11) is 0. The number of rotatable bonds is 4. The van der Waals surface area contributed by atoms with E-state index in [2.05, 4.69) is 21.4 Å². The van der Waals surface area contributed by atoms with Crippen LogP contribution in [0.25, 0.3) is 0 Å². The summed E-state index contributed by atoms with van der Waals surface area (Å²) in [5.41, 5.74) is 5.31. The highest BCUT2D eigenvalue weighted by Crippen LogP contribution is 2.24. The predicted octanol–water partition coefficient (Wildman–Crippen LogP) is 3.78. The molecule has 1 atom stereocenters. The molecule has 20 heavy (non-hydrogen) atoms. The van der Waals surface area contributed by atoms with Crippen LogP contribution < -0.4 is 11.3 Å². The van der Waals surface area contributed by atoms with Gasteiger partial charge in [-0.25, -0.2) is 8.78 Å². The molecule has 0 bridgehead atoms. The first-order chi connectivity index (χ1) is 9.49. The van der Waals surface area contributed by atoms with Crippen molar-refractivity contribution in [2.75, 3.05) is 0 Å². The van der Waals surface area contributed by atoms with Gasteiger partial charge in [-0.3, -0.25) is 11.3 Å². The molecule has 2 rings (SSSR count). The number of benzene rings is 2. The molecule has 3 N–H and O–H groups in total. The number of hydrogen-bond donors (Lipinski definition) is 2. The van der Waals surface area contributed by atoms with E-state index in [1.165, 1.54) is 12.1 Å². The number of halogens is 3. The molecule has 0 radical (unpaired) electrons. The van der Waals surface area contributed by atoms with Crippen molar-refractivity contribution in [1.29, 1.82) is 0 Å². The third kappa shape index (κ3) is 3.62. The highest BCUT2D eigenvalue weighted by atomic mass is 79.9. The second kappa shape index (κ2) is 6.43. The lowest BCUT2D eigenvalue weighted by Crippen LogP contribution is -2.29. The van der Waals surface area contributed by atoms with E-state index in [0.29, 0.717) is 12.0 Å². The first-order valence-electron chi connectivity index (χ1n) is 6.16. The highest BCUT2D eigenvalue weighted by Gasteiger charge is 2.13. The van der Waals surface area contributed by atoms with Gasteiger partial charge in [0, 0.05) is 10.5 Å². The monoisotopic (exact) mass is 340 g/mol. The molecular weight excluding hydrogens is 326 g/mol. The molecule has 0 amide bonds. The summed E-state index contributed by atoms with van der Waals surface area (Å²) in [5, 5.41) is 0. The SMILES string of the molecule is Cc1ccc(C(Cc2cc(F)cc(F)c2)NN)cc1Br. The number of aryl methyl sites for hydroxylation is 1. The molecular formula is C15H15BrF2N2. The molecule has 2 aromatic carbocycles. The van der Waals surface area contributed by atoms with Crippen molar-refractivity contribution in [3.8, 4) is 0 Å². The number of nitrogens with one attached hydrogen (secondary N) is 1. The molecule has 0 saturated heterocycles. The number of hydrazine groups is 1. The van der Waals surface area contributed by atoms with E-state index in [9.17, 15) is 8.78 Å². The molecule has 2 aromatic rings. The van der Waals surface area contributed by atoms with Crippen molar-refractivity contribution in [3.63, 3.8) is 0 Å². The topological polar surface area (TPSA) is 38.0 Å². The Hall–Kier alpha value is -1.30. The van der Waals surface area contributed by atoms with Crippen molar-refractivity contribution in [2.24, 2.45) is 5.84 Å². The van der Waals surface area contributed by atoms with Crippen LogP contribution in [0.15, 0.2) is 40.9 Å². The molecule has 106 valence electrons. The third-order valence-corrected chi connectivity index (χ3v) is 4.02. The summed E-state index contributed by atoms with van der Waals surface area (Å²) < 4.78 is 27.4. The maximum absolute atomic E-state index is 13.2. The zero-order valence-corrected chi connectivity index (χ0v) is 12.5. The Morgan fingerprint density at radius 3 is 2.35 bits per heavy atom. The molecule has 5 heteroatoms. The molecule has 2 nitrogen and oxygen atoms in total. The van der Waals surface area contributed by atoms with Crippen molar-refractivity contribution < 1.29 is 8.78 Å². The fourth-order valence-electron chi connectivity index (χ4n) is 2.06. The molecule has 0 fully saturated rings. The van der Waals surface area contributed by atoms with Crippen LogP contribution in [0.2, 0.25) is 0 Å². The quantitative estimate of drug-likeness (QED) is 0.656. The van der Waals surface area contributed by atoms with Crippen molar-refractivity contribution in [1.82, 2.24) is 5.43 Å². The first kappa shape index (κ1) is 15.1. The summed E-state index contributed by atoms with van der Waals surface area (Å²) >= 11 is 3.46.